The molecule has 1 aromatic carbocycles. The summed E-state index contributed by atoms with van der Waals surface area (Å²) in [5.74, 6) is -0.159. The highest BCUT2D eigenvalue weighted by atomic mass is 16.2. The summed E-state index contributed by atoms with van der Waals surface area (Å²) < 4.78 is 1.74. The van der Waals surface area contributed by atoms with Crippen LogP contribution in [0.2, 0.25) is 0 Å². The fourth-order valence-corrected chi connectivity index (χ4v) is 3.38. The van der Waals surface area contributed by atoms with Crippen LogP contribution in [0, 0.1) is 0 Å². The number of aromatic amines is 1. The molecule has 1 fully saturated rings. The van der Waals surface area contributed by atoms with Crippen molar-refractivity contribution in [3.05, 3.63) is 58.3 Å². The summed E-state index contributed by atoms with van der Waals surface area (Å²) in [6.45, 7) is 0.674. The molecule has 1 aliphatic rings. The number of aromatic nitrogens is 4. The molecule has 7 nitrogen and oxygen atoms in total. The van der Waals surface area contributed by atoms with Gasteiger partial charge in [-0.2, -0.15) is 10.2 Å². The van der Waals surface area contributed by atoms with E-state index in [0.29, 0.717) is 23.0 Å². The average Bonchev–Trinajstić information content (AvgIpc) is 3.23. The van der Waals surface area contributed by atoms with Crippen LogP contribution in [-0.4, -0.2) is 37.3 Å². The Morgan fingerprint density at radius 1 is 1.29 bits per heavy atom. The molecule has 122 valence electrons. The molecule has 24 heavy (non-hydrogen) atoms. The van der Waals surface area contributed by atoms with Crippen LogP contribution in [0.15, 0.2) is 41.5 Å². The second-order valence-corrected chi connectivity index (χ2v) is 6.05. The topological polar surface area (TPSA) is 83.9 Å². The lowest BCUT2D eigenvalue weighted by atomic mass is 10.1. The standard InChI is InChI=1S/C17H17N5O2/c1-21-10-11(9-18-21)14-7-4-8-22(14)17(24)15-12-5-2-3-6-13(12)16(23)20-19-15/h2-3,5-6,9-10,14H,4,7-8H2,1H3,(H,20,23)/t14-/m1/s1. The van der Waals surface area contributed by atoms with Crippen molar-refractivity contribution in [2.24, 2.45) is 7.05 Å². The van der Waals surface area contributed by atoms with Crippen molar-refractivity contribution in [3.63, 3.8) is 0 Å². The van der Waals surface area contributed by atoms with Crippen LogP contribution in [0.25, 0.3) is 10.8 Å². The van der Waals surface area contributed by atoms with E-state index >= 15 is 0 Å². The van der Waals surface area contributed by atoms with Gasteiger partial charge in [-0.15, -0.1) is 0 Å². The molecular weight excluding hydrogens is 306 g/mol. The van der Waals surface area contributed by atoms with E-state index in [0.717, 1.165) is 18.4 Å². The molecule has 3 heterocycles. The van der Waals surface area contributed by atoms with Crippen LogP contribution >= 0.6 is 0 Å². The number of benzene rings is 1. The third-order valence-corrected chi connectivity index (χ3v) is 4.52. The second-order valence-electron chi connectivity index (χ2n) is 6.05. The number of rotatable bonds is 2. The van der Waals surface area contributed by atoms with Crippen molar-refractivity contribution in [3.8, 4) is 0 Å². The summed E-state index contributed by atoms with van der Waals surface area (Å²) >= 11 is 0. The number of H-pyrrole nitrogens is 1. The van der Waals surface area contributed by atoms with Crippen molar-refractivity contribution in [2.75, 3.05) is 6.54 Å². The Hall–Kier alpha value is -2.96. The molecule has 0 bridgehead atoms. The molecule has 1 amide bonds. The van der Waals surface area contributed by atoms with Crippen LogP contribution in [0.1, 0.15) is 34.9 Å². The van der Waals surface area contributed by atoms with E-state index in [1.165, 1.54) is 0 Å². The van der Waals surface area contributed by atoms with Crippen LogP contribution in [0.4, 0.5) is 0 Å². The molecule has 1 aliphatic heterocycles. The van der Waals surface area contributed by atoms with Gasteiger partial charge in [0.2, 0.25) is 0 Å². The van der Waals surface area contributed by atoms with Gasteiger partial charge in [0.15, 0.2) is 5.69 Å². The molecule has 0 spiro atoms. The first-order valence-corrected chi connectivity index (χ1v) is 7.92. The van der Waals surface area contributed by atoms with Crippen LogP contribution < -0.4 is 5.56 Å². The third kappa shape index (κ3) is 2.29. The largest absolute Gasteiger partial charge is 0.330 e. The van der Waals surface area contributed by atoms with E-state index in [2.05, 4.69) is 15.3 Å². The maximum Gasteiger partial charge on any atom is 0.275 e. The van der Waals surface area contributed by atoms with Gasteiger partial charge in [0.25, 0.3) is 11.5 Å². The summed E-state index contributed by atoms with van der Waals surface area (Å²) in [5.41, 5.74) is 1.03. The lowest BCUT2D eigenvalue weighted by Crippen LogP contribution is -2.32. The van der Waals surface area contributed by atoms with Crippen molar-refractivity contribution in [1.82, 2.24) is 24.9 Å². The van der Waals surface area contributed by atoms with Gasteiger partial charge in [-0.1, -0.05) is 18.2 Å². The Balaban J connectivity index is 1.76. The summed E-state index contributed by atoms with van der Waals surface area (Å²) in [7, 11) is 1.86. The highest BCUT2D eigenvalue weighted by Gasteiger charge is 2.33. The third-order valence-electron chi connectivity index (χ3n) is 4.52. The van der Waals surface area contributed by atoms with Crippen LogP contribution in [0.3, 0.4) is 0 Å². The van der Waals surface area contributed by atoms with E-state index in [-0.39, 0.29) is 17.5 Å². The number of nitrogens with one attached hydrogen (secondary N) is 1. The van der Waals surface area contributed by atoms with Crippen LogP contribution in [-0.2, 0) is 7.05 Å². The van der Waals surface area contributed by atoms with E-state index in [4.69, 9.17) is 0 Å². The van der Waals surface area contributed by atoms with Gasteiger partial charge >= 0.3 is 0 Å². The Labute approximate surface area is 137 Å². The first-order chi connectivity index (χ1) is 11.6. The van der Waals surface area contributed by atoms with Gasteiger partial charge in [0, 0.05) is 30.7 Å². The monoisotopic (exact) mass is 323 g/mol. The number of hydrogen-bond donors (Lipinski definition) is 1. The molecule has 0 saturated carbocycles. The molecule has 7 heteroatoms. The number of hydrogen-bond acceptors (Lipinski definition) is 4. The molecule has 0 radical (unpaired) electrons. The Bertz CT molecular complexity index is 974. The zero-order valence-electron chi connectivity index (χ0n) is 13.3. The Morgan fingerprint density at radius 2 is 2.08 bits per heavy atom. The number of nitrogens with zero attached hydrogens (tertiary/aromatic N) is 4. The highest BCUT2D eigenvalue weighted by Crippen LogP contribution is 2.33. The SMILES string of the molecule is Cn1cc([C@H]2CCCN2C(=O)c2n[nH]c(=O)c3ccccc23)cn1. The molecule has 1 atom stereocenters. The second kappa shape index (κ2) is 5.59. The summed E-state index contributed by atoms with van der Waals surface area (Å²) in [4.78, 5) is 26.8. The molecule has 2 aromatic heterocycles. The van der Waals surface area contributed by atoms with E-state index in [1.54, 1.807) is 29.1 Å². The lowest BCUT2D eigenvalue weighted by molar-refractivity contribution is 0.0730. The average molecular weight is 323 g/mol. The number of aryl methyl sites for hydroxylation is 1. The zero-order chi connectivity index (χ0) is 16.7. The van der Waals surface area contributed by atoms with Gasteiger partial charge in [0.05, 0.1) is 17.6 Å². The van der Waals surface area contributed by atoms with E-state index in [1.807, 2.05) is 24.2 Å². The minimum atomic E-state index is -0.285. The van der Waals surface area contributed by atoms with Crippen molar-refractivity contribution in [2.45, 2.75) is 18.9 Å². The van der Waals surface area contributed by atoms with Crippen molar-refractivity contribution < 1.29 is 4.79 Å². The number of likely N-dealkylation sites (tertiary alicyclic amines) is 1. The highest BCUT2D eigenvalue weighted by molar-refractivity contribution is 6.04. The van der Waals surface area contributed by atoms with Gasteiger partial charge in [-0.05, 0) is 18.9 Å². The number of fused-ring (bicyclic) bond motifs is 1. The van der Waals surface area contributed by atoms with Crippen molar-refractivity contribution >= 4 is 16.7 Å². The molecule has 4 rings (SSSR count). The summed E-state index contributed by atoms with van der Waals surface area (Å²) in [5, 5.41) is 11.7. The van der Waals surface area contributed by atoms with Gasteiger partial charge < -0.3 is 4.90 Å². The summed E-state index contributed by atoms with van der Waals surface area (Å²) in [6.07, 6.45) is 5.58. The lowest BCUT2D eigenvalue weighted by Gasteiger charge is -2.23. The fraction of sp³-hybridized carbons (Fsp3) is 0.294. The molecule has 0 unspecified atom stereocenters. The molecular formula is C17H17N5O2. The molecule has 1 N–H and O–H groups in total. The van der Waals surface area contributed by atoms with Crippen molar-refractivity contribution in [1.29, 1.82) is 0 Å². The first kappa shape index (κ1) is 14.6. The maximum absolute atomic E-state index is 13.1. The Kier molecular flexibility index (Phi) is 3.41. The number of carbonyl (C=O) groups is 1. The zero-order valence-corrected chi connectivity index (χ0v) is 13.3. The quantitative estimate of drug-likeness (QED) is 0.777. The van der Waals surface area contributed by atoms with E-state index in [9.17, 15) is 9.59 Å². The van der Waals surface area contributed by atoms with Gasteiger partial charge in [-0.3, -0.25) is 14.3 Å². The fourth-order valence-electron chi connectivity index (χ4n) is 3.38. The smallest absolute Gasteiger partial charge is 0.275 e. The molecule has 1 saturated heterocycles. The van der Waals surface area contributed by atoms with Crippen LogP contribution in [0.5, 0.6) is 0 Å². The predicted molar refractivity (Wildman–Crippen MR) is 88.6 cm³/mol. The van der Waals surface area contributed by atoms with E-state index < -0.39 is 0 Å². The Morgan fingerprint density at radius 3 is 2.83 bits per heavy atom. The molecule has 3 aromatic rings. The minimum Gasteiger partial charge on any atom is -0.330 e. The number of amides is 1. The normalized spacial score (nSPS) is 17.5. The predicted octanol–water partition coefficient (Wildman–Crippen LogP) is 1.63. The first-order valence-electron chi connectivity index (χ1n) is 7.92. The van der Waals surface area contributed by atoms with Gasteiger partial charge in [0.1, 0.15) is 0 Å². The molecule has 0 aliphatic carbocycles. The summed E-state index contributed by atoms with van der Waals surface area (Å²) in [6, 6.07) is 7.05. The van der Waals surface area contributed by atoms with Gasteiger partial charge in [-0.25, -0.2) is 5.10 Å². The maximum atomic E-state index is 13.1. The minimum absolute atomic E-state index is 0.00121. The number of carbonyl (C=O) groups excluding carboxylic acids is 1.